The number of nitro benzene ring substituents is 1. The Morgan fingerprint density at radius 1 is 1.57 bits per heavy atom. The fraction of sp³-hybridized carbons (Fsp3) is 0.250. The first-order chi connectivity index (χ1) is 6.59. The lowest BCUT2D eigenvalue weighted by Crippen LogP contribution is -2.13. The Bertz CT molecular complexity index is 408. The van der Waals surface area contributed by atoms with Gasteiger partial charge in [-0.05, 0) is 13.0 Å². The maximum absolute atomic E-state index is 10.6. The SMILES string of the molecule is Cc1cc2c(cc1[N+](=O)[O-])NNC2Br. The van der Waals surface area contributed by atoms with Gasteiger partial charge in [0.15, 0.2) is 0 Å². The summed E-state index contributed by atoms with van der Waals surface area (Å²) in [6, 6.07) is 3.35. The molecule has 1 unspecified atom stereocenters. The summed E-state index contributed by atoms with van der Waals surface area (Å²) in [4.78, 5) is 10.3. The predicted molar refractivity (Wildman–Crippen MR) is 56.3 cm³/mol. The van der Waals surface area contributed by atoms with E-state index in [4.69, 9.17) is 0 Å². The first-order valence-electron chi connectivity index (χ1n) is 4.04. The number of hydrogen-bond donors (Lipinski definition) is 2. The Balaban J connectivity index is 2.55. The summed E-state index contributed by atoms with van der Waals surface area (Å²) >= 11 is 3.39. The molecule has 1 heterocycles. The van der Waals surface area contributed by atoms with E-state index >= 15 is 0 Å². The van der Waals surface area contributed by atoms with Crippen molar-refractivity contribution in [3.63, 3.8) is 0 Å². The van der Waals surface area contributed by atoms with E-state index in [2.05, 4.69) is 26.8 Å². The number of fused-ring (bicyclic) bond motifs is 1. The maximum Gasteiger partial charge on any atom is 0.274 e. The summed E-state index contributed by atoms with van der Waals surface area (Å²) in [5.74, 6) is 0. The van der Waals surface area contributed by atoms with Gasteiger partial charge < -0.3 is 5.43 Å². The van der Waals surface area contributed by atoms with Crippen LogP contribution in [0.1, 0.15) is 16.1 Å². The van der Waals surface area contributed by atoms with Gasteiger partial charge in [-0.25, -0.2) is 5.43 Å². The molecule has 1 aliphatic rings. The molecule has 14 heavy (non-hydrogen) atoms. The number of rotatable bonds is 1. The molecule has 0 saturated carbocycles. The monoisotopic (exact) mass is 257 g/mol. The van der Waals surface area contributed by atoms with E-state index in [0.29, 0.717) is 5.56 Å². The van der Waals surface area contributed by atoms with Crippen molar-refractivity contribution in [2.24, 2.45) is 0 Å². The van der Waals surface area contributed by atoms with Gasteiger partial charge in [0.05, 0.1) is 10.6 Å². The third-order valence-electron chi connectivity index (χ3n) is 2.17. The van der Waals surface area contributed by atoms with E-state index in [9.17, 15) is 10.1 Å². The van der Waals surface area contributed by atoms with Crippen molar-refractivity contribution >= 4 is 27.3 Å². The molecular weight excluding hydrogens is 250 g/mol. The number of aryl methyl sites for hydroxylation is 1. The average Bonchev–Trinajstić information content (AvgIpc) is 2.46. The summed E-state index contributed by atoms with van der Waals surface area (Å²) in [7, 11) is 0. The zero-order valence-electron chi connectivity index (χ0n) is 7.37. The third-order valence-corrected chi connectivity index (χ3v) is 2.89. The van der Waals surface area contributed by atoms with Crippen molar-refractivity contribution in [2.75, 3.05) is 5.43 Å². The molecule has 0 bridgehead atoms. The van der Waals surface area contributed by atoms with Gasteiger partial charge in [-0.2, -0.15) is 0 Å². The second kappa shape index (κ2) is 3.21. The quantitative estimate of drug-likeness (QED) is 0.351. The molecule has 1 atom stereocenters. The molecule has 0 saturated heterocycles. The highest BCUT2D eigenvalue weighted by atomic mass is 79.9. The summed E-state index contributed by atoms with van der Waals surface area (Å²) in [6.07, 6.45) is 0. The van der Waals surface area contributed by atoms with Gasteiger partial charge in [-0.3, -0.25) is 10.1 Å². The molecule has 1 aromatic rings. The molecular formula is C8H8BrN3O2. The Hall–Kier alpha value is -1.14. The summed E-state index contributed by atoms with van der Waals surface area (Å²) in [5, 5.41) is 10.6. The van der Waals surface area contributed by atoms with E-state index in [-0.39, 0.29) is 15.6 Å². The van der Waals surface area contributed by atoms with Crippen molar-refractivity contribution in [1.82, 2.24) is 5.43 Å². The molecule has 2 N–H and O–H groups in total. The minimum Gasteiger partial charge on any atom is -0.319 e. The van der Waals surface area contributed by atoms with Crippen LogP contribution in [0.3, 0.4) is 0 Å². The highest BCUT2D eigenvalue weighted by Crippen LogP contribution is 2.36. The minimum absolute atomic E-state index is 0.0111. The Morgan fingerprint density at radius 2 is 2.29 bits per heavy atom. The number of halogens is 1. The fourth-order valence-corrected chi connectivity index (χ4v) is 1.95. The van der Waals surface area contributed by atoms with E-state index in [1.54, 1.807) is 19.1 Å². The zero-order chi connectivity index (χ0) is 10.3. The van der Waals surface area contributed by atoms with E-state index < -0.39 is 0 Å². The zero-order valence-corrected chi connectivity index (χ0v) is 8.96. The van der Waals surface area contributed by atoms with Gasteiger partial charge >= 0.3 is 0 Å². The number of nitro groups is 1. The van der Waals surface area contributed by atoms with Crippen LogP contribution in [0, 0.1) is 17.0 Å². The van der Waals surface area contributed by atoms with Crippen LogP contribution >= 0.6 is 15.9 Å². The standard InChI is InChI=1S/C8H8BrN3O2/c1-4-2-5-6(10-11-8(5)9)3-7(4)12(13)14/h2-3,8,10-11H,1H3. The Labute approximate surface area is 88.7 Å². The van der Waals surface area contributed by atoms with Crippen molar-refractivity contribution in [1.29, 1.82) is 0 Å². The molecule has 0 radical (unpaired) electrons. The number of anilines is 1. The molecule has 0 amide bonds. The van der Waals surface area contributed by atoms with Gasteiger partial charge in [-0.1, -0.05) is 15.9 Å². The first-order valence-corrected chi connectivity index (χ1v) is 4.95. The van der Waals surface area contributed by atoms with Crippen LogP contribution in [0.15, 0.2) is 12.1 Å². The van der Waals surface area contributed by atoms with Gasteiger partial charge in [0, 0.05) is 17.2 Å². The largest absolute Gasteiger partial charge is 0.319 e. The summed E-state index contributed by atoms with van der Waals surface area (Å²) < 4.78 is 0. The molecule has 5 nitrogen and oxygen atoms in total. The number of nitrogens with zero attached hydrogens (tertiary/aromatic N) is 1. The molecule has 1 aliphatic heterocycles. The lowest BCUT2D eigenvalue weighted by Gasteiger charge is -2.02. The molecule has 0 aliphatic carbocycles. The van der Waals surface area contributed by atoms with Gasteiger partial charge in [0.25, 0.3) is 5.69 Å². The van der Waals surface area contributed by atoms with Crippen LogP contribution in [0.5, 0.6) is 0 Å². The van der Waals surface area contributed by atoms with E-state index in [0.717, 1.165) is 11.3 Å². The smallest absolute Gasteiger partial charge is 0.274 e. The highest BCUT2D eigenvalue weighted by Gasteiger charge is 2.23. The van der Waals surface area contributed by atoms with Crippen molar-refractivity contribution in [3.8, 4) is 0 Å². The highest BCUT2D eigenvalue weighted by molar-refractivity contribution is 9.09. The maximum atomic E-state index is 10.6. The molecule has 0 fully saturated rings. The van der Waals surface area contributed by atoms with Gasteiger partial charge in [0.2, 0.25) is 0 Å². The fourth-order valence-electron chi connectivity index (χ4n) is 1.45. The molecule has 6 heteroatoms. The minimum atomic E-state index is -0.376. The first kappa shape index (κ1) is 9.42. The number of alkyl halides is 1. The van der Waals surface area contributed by atoms with Crippen LogP contribution in [-0.4, -0.2) is 4.92 Å². The average molecular weight is 258 g/mol. The second-order valence-corrected chi connectivity index (χ2v) is 4.03. The van der Waals surface area contributed by atoms with E-state index in [1.165, 1.54) is 0 Å². The molecule has 74 valence electrons. The number of benzene rings is 1. The molecule has 2 rings (SSSR count). The lowest BCUT2D eigenvalue weighted by atomic mass is 10.1. The second-order valence-electron chi connectivity index (χ2n) is 3.11. The molecule has 1 aromatic carbocycles. The third kappa shape index (κ3) is 1.36. The van der Waals surface area contributed by atoms with Crippen LogP contribution < -0.4 is 10.9 Å². The normalized spacial score (nSPS) is 18.9. The summed E-state index contributed by atoms with van der Waals surface area (Å²) in [5.41, 5.74) is 8.35. The molecule has 0 spiro atoms. The van der Waals surface area contributed by atoms with Crippen LogP contribution in [0.2, 0.25) is 0 Å². The van der Waals surface area contributed by atoms with Crippen molar-refractivity contribution in [3.05, 3.63) is 33.4 Å². The van der Waals surface area contributed by atoms with Crippen LogP contribution in [0.25, 0.3) is 0 Å². The Kier molecular flexibility index (Phi) is 2.16. The Morgan fingerprint density at radius 3 is 2.93 bits per heavy atom. The summed E-state index contributed by atoms with van der Waals surface area (Å²) in [6.45, 7) is 1.73. The predicted octanol–water partition coefficient (Wildman–Crippen LogP) is 2.23. The number of hydrogen-bond acceptors (Lipinski definition) is 4. The van der Waals surface area contributed by atoms with Gasteiger partial charge in [0.1, 0.15) is 4.95 Å². The van der Waals surface area contributed by atoms with Crippen molar-refractivity contribution < 1.29 is 4.92 Å². The van der Waals surface area contributed by atoms with Crippen molar-refractivity contribution in [2.45, 2.75) is 11.9 Å². The number of nitrogens with one attached hydrogen (secondary N) is 2. The lowest BCUT2D eigenvalue weighted by molar-refractivity contribution is -0.385. The molecule has 0 aromatic heterocycles. The van der Waals surface area contributed by atoms with Gasteiger partial charge in [-0.15, -0.1) is 0 Å². The van der Waals surface area contributed by atoms with E-state index in [1.807, 2.05) is 0 Å². The van der Waals surface area contributed by atoms with Crippen LogP contribution in [0.4, 0.5) is 11.4 Å². The number of hydrazine groups is 1. The van der Waals surface area contributed by atoms with Crippen LogP contribution in [-0.2, 0) is 0 Å². The topological polar surface area (TPSA) is 67.2 Å².